The van der Waals surface area contributed by atoms with E-state index in [1.165, 1.54) is 6.42 Å². The van der Waals surface area contributed by atoms with Gasteiger partial charge >= 0.3 is 0 Å². The Kier molecular flexibility index (Phi) is 3.06. The highest BCUT2D eigenvalue weighted by atomic mass is 16.5. The first-order valence-corrected chi connectivity index (χ1v) is 6.03. The lowest BCUT2D eigenvalue weighted by Gasteiger charge is -2.47. The zero-order valence-corrected chi connectivity index (χ0v) is 9.54. The molecule has 3 heteroatoms. The summed E-state index contributed by atoms with van der Waals surface area (Å²) >= 11 is 0. The van der Waals surface area contributed by atoms with Crippen molar-refractivity contribution in [1.82, 2.24) is 0 Å². The SMILES string of the molecule is CC1CCCC(O)(C2(CO)CCOC2)C1. The van der Waals surface area contributed by atoms with Gasteiger partial charge in [0.25, 0.3) is 0 Å². The van der Waals surface area contributed by atoms with Crippen molar-refractivity contribution in [2.45, 2.75) is 44.6 Å². The van der Waals surface area contributed by atoms with Crippen molar-refractivity contribution in [3.8, 4) is 0 Å². The second-order valence-electron chi connectivity index (χ2n) is 5.47. The van der Waals surface area contributed by atoms with E-state index >= 15 is 0 Å². The van der Waals surface area contributed by atoms with Crippen LogP contribution in [0, 0.1) is 11.3 Å². The van der Waals surface area contributed by atoms with Gasteiger partial charge in [-0.05, 0) is 25.2 Å². The number of aliphatic hydroxyl groups excluding tert-OH is 1. The van der Waals surface area contributed by atoms with Crippen LogP contribution in [-0.2, 0) is 4.74 Å². The predicted octanol–water partition coefficient (Wildman–Crippen LogP) is 1.33. The smallest absolute Gasteiger partial charge is 0.0751 e. The van der Waals surface area contributed by atoms with Crippen LogP contribution in [0.25, 0.3) is 0 Å². The van der Waals surface area contributed by atoms with E-state index in [0.29, 0.717) is 19.1 Å². The average Bonchev–Trinajstić information content (AvgIpc) is 2.67. The third-order valence-electron chi connectivity index (χ3n) is 4.37. The second-order valence-corrected chi connectivity index (χ2v) is 5.47. The summed E-state index contributed by atoms with van der Waals surface area (Å²) in [5.41, 5.74) is -1.09. The van der Waals surface area contributed by atoms with Gasteiger partial charge in [0.1, 0.15) is 0 Å². The molecule has 15 heavy (non-hydrogen) atoms. The minimum atomic E-state index is -0.698. The standard InChI is InChI=1S/C12H22O3/c1-10-3-2-4-12(14,7-10)11(8-13)5-6-15-9-11/h10,13-14H,2-9H2,1H3. The van der Waals surface area contributed by atoms with Gasteiger partial charge in [-0.25, -0.2) is 0 Å². The summed E-state index contributed by atoms with van der Waals surface area (Å²) in [6.45, 7) is 3.44. The fourth-order valence-corrected chi connectivity index (χ4v) is 3.25. The lowest BCUT2D eigenvalue weighted by atomic mass is 9.63. The summed E-state index contributed by atoms with van der Waals surface area (Å²) < 4.78 is 5.39. The summed E-state index contributed by atoms with van der Waals surface area (Å²) in [5, 5.41) is 20.3. The molecule has 2 fully saturated rings. The van der Waals surface area contributed by atoms with Gasteiger partial charge in [0.15, 0.2) is 0 Å². The Morgan fingerprint density at radius 1 is 1.40 bits per heavy atom. The Morgan fingerprint density at radius 3 is 2.73 bits per heavy atom. The molecule has 3 nitrogen and oxygen atoms in total. The molecular weight excluding hydrogens is 192 g/mol. The first-order valence-electron chi connectivity index (χ1n) is 6.03. The van der Waals surface area contributed by atoms with E-state index in [0.717, 1.165) is 25.7 Å². The second kappa shape index (κ2) is 4.04. The van der Waals surface area contributed by atoms with Crippen LogP contribution in [0.15, 0.2) is 0 Å². The van der Waals surface area contributed by atoms with Gasteiger partial charge in [0.2, 0.25) is 0 Å². The van der Waals surface area contributed by atoms with Crippen LogP contribution in [0.5, 0.6) is 0 Å². The summed E-state index contributed by atoms with van der Waals surface area (Å²) in [4.78, 5) is 0. The van der Waals surface area contributed by atoms with Crippen LogP contribution in [0.2, 0.25) is 0 Å². The largest absolute Gasteiger partial charge is 0.396 e. The van der Waals surface area contributed by atoms with Crippen LogP contribution in [-0.4, -0.2) is 35.6 Å². The predicted molar refractivity (Wildman–Crippen MR) is 57.5 cm³/mol. The molecule has 3 unspecified atom stereocenters. The van der Waals surface area contributed by atoms with Crippen molar-refractivity contribution in [3.63, 3.8) is 0 Å². The van der Waals surface area contributed by atoms with Crippen LogP contribution in [0.1, 0.15) is 39.0 Å². The van der Waals surface area contributed by atoms with Gasteiger partial charge in [0, 0.05) is 12.0 Å². The Bertz CT molecular complexity index is 223. The van der Waals surface area contributed by atoms with E-state index in [1.54, 1.807) is 0 Å². The molecule has 2 rings (SSSR count). The van der Waals surface area contributed by atoms with E-state index in [4.69, 9.17) is 4.74 Å². The molecule has 3 atom stereocenters. The highest BCUT2D eigenvalue weighted by Gasteiger charge is 2.53. The van der Waals surface area contributed by atoms with Crippen LogP contribution in [0.3, 0.4) is 0 Å². The third kappa shape index (κ3) is 1.81. The zero-order valence-electron chi connectivity index (χ0n) is 9.54. The van der Waals surface area contributed by atoms with E-state index in [-0.39, 0.29) is 12.0 Å². The molecule has 2 N–H and O–H groups in total. The van der Waals surface area contributed by atoms with Gasteiger partial charge in [-0.15, -0.1) is 0 Å². The number of rotatable bonds is 2. The Balaban J connectivity index is 2.17. The number of hydrogen-bond acceptors (Lipinski definition) is 3. The monoisotopic (exact) mass is 214 g/mol. The minimum absolute atomic E-state index is 0.0518. The topological polar surface area (TPSA) is 49.7 Å². The molecule has 1 saturated carbocycles. The van der Waals surface area contributed by atoms with Gasteiger partial charge in [-0.1, -0.05) is 19.8 Å². The molecule has 0 aromatic rings. The van der Waals surface area contributed by atoms with E-state index in [2.05, 4.69) is 6.92 Å². The van der Waals surface area contributed by atoms with E-state index in [1.807, 2.05) is 0 Å². The summed E-state index contributed by atoms with van der Waals surface area (Å²) in [6, 6.07) is 0. The van der Waals surface area contributed by atoms with Crippen molar-refractivity contribution in [1.29, 1.82) is 0 Å². The molecule has 0 spiro atoms. The fraction of sp³-hybridized carbons (Fsp3) is 1.00. The molecule has 0 aromatic carbocycles. The molecule has 1 heterocycles. The van der Waals surface area contributed by atoms with Crippen molar-refractivity contribution >= 4 is 0 Å². The van der Waals surface area contributed by atoms with Gasteiger partial charge in [0.05, 0.1) is 18.8 Å². The van der Waals surface area contributed by atoms with Gasteiger partial charge in [-0.2, -0.15) is 0 Å². The van der Waals surface area contributed by atoms with Crippen LogP contribution < -0.4 is 0 Å². The van der Waals surface area contributed by atoms with E-state index < -0.39 is 5.60 Å². The van der Waals surface area contributed by atoms with Crippen molar-refractivity contribution in [3.05, 3.63) is 0 Å². The molecule has 0 bridgehead atoms. The van der Waals surface area contributed by atoms with Crippen molar-refractivity contribution in [2.24, 2.45) is 11.3 Å². The third-order valence-corrected chi connectivity index (χ3v) is 4.37. The Labute approximate surface area is 91.4 Å². The Morgan fingerprint density at radius 2 is 2.20 bits per heavy atom. The molecule has 1 aliphatic carbocycles. The maximum absolute atomic E-state index is 10.8. The zero-order chi connectivity index (χ0) is 10.9. The first kappa shape index (κ1) is 11.4. The molecule has 0 radical (unpaired) electrons. The first-order chi connectivity index (χ1) is 7.12. The summed E-state index contributed by atoms with van der Waals surface area (Å²) in [6.07, 6.45) is 4.70. The number of ether oxygens (including phenoxy) is 1. The normalized spacial score (nSPS) is 47.0. The van der Waals surface area contributed by atoms with Gasteiger partial charge < -0.3 is 14.9 Å². The highest BCUT2D eigenvalue weighted by Crippen LogP contribution is 2.48. The number of hydrogen-bond donors (Lipinski definition) is 2. The quantitative estimate of drug-likeness (QED) is 0.729. The molecular formula is C12H22O3. The lowest BCUT2D eigenvalue weighted by molar-refractivity contribution is -0.139. The molecule has 2 aliphatic rings. The molecule has 1 aliphatic heterocycles. The molecule has 0 aromatic heterocycles. The van der Waals surface area contributed by atoms with Crippen molar-refractivity contribution < 1.29 is 14.9 Å². The Hall–Kier alpha value is -0.120. The van der Waals surface area contributed by atoms with Gasteiger partial charge in [-0.3, -0.25) is 0 Å². The summed E-state index contributed by atoms with van der Waals surface area (Å²) in [5.74, 6) is 0.563. The maximum atomic E-state index is 10.8. The average molecular weight is 214 g/mol. The highest BCUT2D eigenvalue weighted by molar-refractivity contribution is 5.03. The van der Waals surface area contributed by atoms with Crippen LogP contribution in [0.4, 0.5) is 0 Å². The maximum Gasteiger partial charge on any atom is 0.0751 e. The van der Waals surface area contributed by atoms with Crippen LogP contribution >= 0.6 is 0 Å². The minimum Gasteiger partial charge on any atom is -0.396 e. The summed E-state index contributed by atoms with van der Waals surface area (Å²) in [7, 11) is 0. The lowest BCUT2D eigenvalue weighted by Crippen LogP contribution is -2.53. The van der Waals surface area contributed by atoms with Crippen molar-refractivity contribution in [2.75, 3.05) is 19.8 Å². The fourth-order valence-electron chi connectivity index (χ4n) is 3.25. The molecule has 0 amide bonds. The van der Waals surface area contributed by atoms with E-state index in [9.17, 15) is 10.2 Å². The molecule has 88 valence electrons. The molecule has 1 saturated heterocycles. The number of aliphatic hydroxyl groups is 2.